The van der Waals surface area contributed by atoms with E-state index in [1.54, 1.807) is 11.5 Å². The molecule has 196 valence electrons. The molecule has 0 atom stereocenters. The van der Waals surface area contributed by atoms with E-state index in [0.717, 1.165) is 16.7 Å². The number of carbonyl (C=O) groups excluding carboxylic acids is 1. The second kappa shape index (κ2) is 10.3. The second-order valence-electron chi connectivity index (χ2n) is 8.86. The van der Waals surface area contributed by atoms with Gasteiger partial charge >= 0.3 is 5.97 Å². The first-order chi connectivity index (χ1) is 19.6. The summed E-state index contributed by atoms with van der Waals surface area (Å²) in [6.45, 7) is 1.91. The van der Waals surface area contributed by atoms with Gasteiger partial charge < -0.3 is 10.5 Å². The molecule has 3 aromatic heterocycles. The number of anilines is 1. The average molecular weight is 529 g/mol. The third-order valence-electron chi connectivity index (χ3n) is 6.44. The Kier molecular flexibility index (Phi) is 6.33. The van der Waals surface area contributed by atoms with Crippen molar-refractivity contribution < 1.29 is 9.53 Å². The van der Waals surface area contributed by atoms with Crippen molar-refractivity contribution in [3.05, 3.63) is 108 Å². The molecule has 3 N–H and O–H groups in total. The van der Waals surface area contributed by atoms with Gasteiger partial charge in [0, 0.05) is 11.1 Å². The molecule has 0 aliphatic heterocycles. The summed E-state index contributed by atoms with van der Waals surface area (Å²) < 4.78 is 8.07. The highest BCUT2D eigenvalue weighted by Gasteiger charge is 2.24. The number of hydrogen-bond acceptors (Lipinski definition) is 8. The highest BCUT2D eigenvalue weighted by molar-refractivity contribution is 5.99. The minimum atomic E-state index is -0.594. The van der Waals surface area contributed by atoms with Crippen LogP contribution in [-0.4, -0.2) is 42.1 Å². The summed E-state index contributed by atoms with van der Waals surface area (Å²) in [5.74, 6) is -0.382. The number of para-hydroxylation sites is 1. The van der Waals surface area contributed by atoms with Crippen LogP contribution in [-0.2, 0) is 4.74 Å². The molecule has 10 heteroatoms. The lowest BCUT2D eigenvalue weighted by Gasteiger charge is -2.18. The minimum Gasteiger partial charge on any atom is -0.462 e. The van der Waals surface area contributed by atoms with Gasteiger partial charge in [-0.2, -0.15) is 14.8 Å². The number of nitrogens with two attached hydrogens (primary N) is 1. The Balaban J connectivity index is 1.72. The zero-order valence-corrected chi connectivity index (χ0v) is 21.5. The van der Waals surface area contributed by atoms with Gasteiger partial charge in [0.2, 0.25) is 5.95 Å². The van der Waals surface area contributed by atoms with Gasteiger partial charge in [-0.25, -0.2) is 4.79 Å². The molecule has 0 aliphatic rings. The van der Waals surface area contributed by atoms with Gasteiger partial charge in [0.25, 0.3) is 0 Å². The van der Waals surface area contributed by atoms with E-state index in [0.29, 0.717) is 16.8 Å². The van der Waals surface area contributed by atoms with Crippen LogP contribution in [0.25, 0.3) is 45.1 Å². The largest absolute Gasteiger partial charge is 0.462 e. The van der Waals surface area contributed by atoms with E-state index in [9.17, 15) is 10.2 Å². The summed E-state index contributed by atoms with van der Waals surface area (Å²) in [5, 5.41) is 23.4. The van der Waals surface area contributed by atoms with Crippen LogP contribution in [0.15, 0.2) is 97.2 Å². The summed E-state index contributed by atoms with van der Waals surface area (Å²) >= 11 is 0. The number of fused-ring (bicyclic) bond motifs is 1. The SMILES string of the molecule is CCOC(=O)c1cnn(-c2nc3nnc(-c4ccccc4)c(-c4ccccc4)c3c(=N)n2-c2ccccc2)c1N. The Labute approximate surface area is 228 Å². The van der Waals surface area contributed by atoms with Gasteiger partial charge in [-0.3, -0.25) is 9.98 Å². The van der Waals surface area contributed by atoms with Crippen molar-refractivity contribution in [2.24, 2.45) is 0 Å². The molecule has 0 unspecified atom stereocenters. The third-order valence-corrected chi connectivity index (χ3v) is 6.44. The van der Waals surface area contributed by atoms with Gasteiger partial charge in [0.1, 0.15) is 22.6 Å². The summed E-state index contributed by atoms with van der Waals surface area (Å²) in [6, 6.07) is 28.8. The molecule has 40 heavy (non-hydrogen) atoms. The van der Waals surface area contributed by atoms with Crippen molar-refractivity contribution in [2.75, 3.05) is 12.3 Å². The van der Waals surface area contributed by atoms with E-state index in [4.69, 9.17) is 15.5 Å². The number of aromatic nitrogens is 6. The fraction of sp³-hybridized carbons (Fsp3) is 0.0667. The van der Waals surface area contributed by atoms with Crippen molar-refractivity contribution in [1.29, 1.82) is 5.41 Å². The molecule has 0 radical (unpaired) electrons. The van der Waals surface area contributed by atoms with Crippen LogP contribution in [0, 0.1) is 5.41 Å². The molecule has 10 nitrogen and oxygen atoms in total. The summed E-state index contributed by atoms with van der Waals surface area (Å²) in [6.07, 6.45) is 1.33. The fourth-order valence-electron chi connectivity index (χ4n) is 4.62. The number of rotatable bonds is 6. The first-order valence-electron chi connectivity index (χ1n) is 12.6. The average Bonchev–Trinajstić information content (AvgIpc) is 3.39. The molecule has 0 spiro atoms. The van der Waals surface area contributed by atoms with E-state index in [1.165, 1.54) is 10.9 Å². The number of nitrogen functional groups attached to an aromatic ring is 1. The van der Waals surface area contributed by atoms with E-state index < -0.39 is 5.97 Å². The van der Waals surface area contributed by atoms with Crippen LogP contribution in [0.5, 0.6) is 0 Å². The van der Waals surface area contributed by atoms with Crippen LogP contribution in [0.3, 0.4) is 0 Å². The smallest absolute Gasteiger partial charge is 0.343 e. The number of hydrogen-bond donors (Lipinski definition) is 2. The predicted molar refractivity (Wildman–Crippen MR) is 151 cm³/mol. The highest BCUT2D eigenvalue weighted by atomic mass is 16.5. The lowest BCUT2D eigenvalue weighted by molar-refractivity contribution is 0.0527. The maximum absolute atomic E-state index is 12.5. The van der Waals surface area contributed by atoms with E-state index in [1.807, 2.05) is 91.0 Å². The van der Waals surface area contributed by atoms with Gasteiger partial charge in [0.15, 0.2) is 5.65 Å². The Morgan fingerprint density at radius 3 is 2.17 bits per heavy atom. The van der Waals surface area contributed by atoms with Gasteiger partial charge in [-0.05, 0) is 24.6 Å². The van der Waals surface area contributed by atoms with Crippen molar-refractivity contribution in [3.63, 3.8) is 0 Å². The molecule has 6 rings (SSSR count). The van der Waals surface area contributed by atoms with Crippen molar-refractivity contribution >= 4 is 22.8 Å². The second-order valence-corrected chi connectivity index (χ2v) is 8.86. The number of esters is 1. The molecule has 0 saturated carbocycles. The number of nitrogens with zero attached hydrogens (tertiary/aromatic N) is 6. The normalized spacial score (nSPS) is 11.0. The summed E-state index contributed by atoms with van der Waals surface area (Å²) in [4.78, 5) is 17.3. The standard InChI is InChI=1S/C30H24N8O2/c1-2-40-29(39)22-18-33-38(26(22)31)30-34-28-24(27(32)37(30)21-16-10-5-11-17-21)23(19-12-6-3-7-13-19)25(35-36-28)20-14-8-4-9-15-20/h3-18,32H,2,31H2,1H3. The van der Waals surface area contributed by atoms with Crippen molar-refractivity contribution in [1.82, 2.24) is 29.5 Å². The molecular formula is C30H24N8O2. The lowest BCUT2D eigenvalue weighted by Crippen LogP contribution is -2.27. The Bertz CT molecular complexity index is 1900. The molecule has 0 aliphatic carbocycles. The van der Waals surface area contributed by atoms with Gasteiger partial charge in [0.05, 0.1) is 23.9 Å². The topological polar surface area (TPSA) is 138 Å². The maximum atomic E-state index is 12.5. The quantitative estimate of drug-likeness (QED) is 0.302. The molecule has 0 fully saturated rings. The molecule has 0 bridgehead atoms. The zero-order chi connectivity index (χ0) is 27.6. The fourth-order valence-corrected chi connectivity index (χ4v) is 4.62. The first kappa shape index (κ1) is 24.7. The zero-order valence-electron chi connectivity index (χ0n) is 21.5. The van der Waals surface area contributed by atoms with E-state index >= 15 is 0 Å². The summed E-state index contributed by atoms with van der Waals surface area (Å²) in [5.41, 5.74) is 10.6. The first-order valence-corrected chi connectivity index (χ1v) is 12.6. The number of ether oxygens (including phenoxy) is 1. The van der Waals surface area contributed by atoms with Crippen LogP contribution >= 0.6 is 0 Å². The van der Waals surface area contributed by atoms with Crippen LogP contribution < -0.4 is 11.2 Å². The lowest BCUT2D eigenvalue weighted by atomic mass is 9.97. The number of carbonyl (C=O) groups is 1. The molecular weight excluding hydrogens is 504 g/mol. The van der Waals surface area contributed by atoms with Crippen LogP contribution in [0.4, 0.5) is 5.82 Å². The van der Waals surface area contributed by atoms with Crippen molar-refractivity contribution in [3.8, 4) is 34.0 Å². The third kappa shape index (κ3) is 4.17. The molecule has 0 amide bonds. The van der Waals surface area contributed by atoms with Crippen molar-refractivity contribution in [2.45, 2.75) is 6.92 Å². The van der Waals surface area contributed by atoms with E-state index in [2.05, 4.69) is 15.3 Å². The number of nitrogens with one attached hydrogen (secondary N) is 1. The highest BCUT2D eigenvalue weighted by Crippen LogP contribution is 2.34. The molecule has 3 aromatic carbocycles. The minimum absolute atomic E-state index is 0.0338. The Morgan fingerprint density at radius 2 is 1.52 bits per heavy atom. The van der Waals surface area contributed by atoms with Crippen LogP contribution in [0.1, 0.15) is 17.3 Å². The van der Waals surface area contributed by atoms with Gasteiger partial charge in [-0.15, -0.1) is 10.2 Å². The Hall–Kier alpha value is -5.64. The summed E-state index contributed by atoms with van der Waals surface area (Å²) in [7, 11) is 0. The van der Waals surface area contributed by atoms with Gasteiger partial charge in [-0.1, -0.05) is 78.9 Å². The molecule has 6 aromatic rings. The molecule has 0 saturated heterocycles. The predicted octanol–water partition coefficient (Wildman–Crippen LogP) is 4.57. The monoisotopic (exact) mass is 528 g/mol. The van der Waals surface area contributed by atoms with Crippen LogP contribution in [0.2, 0.25) is 0 Å². The maximum Gasteiger partial charge on any atom is 0.343 e. The van der Waals surface area contributed by atoms with E-state index in [-0.39, 0.29) is 35.1 Å². The Morgan fingerprint density at radius 1 is 0.900 bits per heavy atom. The number of benzene rings is 3. The molecule has 3 heterocycles.